The van der Waals surface area contributed by atoms with Crippen molar-refractivity contribution in [1.82, 2.24) is 4.90 Å². The molecule has 0 aliphatic rings. The second-order valence-electron chi connectivity index (χ2n) is 5.78. The van der Waals surface area contributed by atoms with Crippen LogP contribution in [0.2, 0.25) is 0 Å². The van der Waals surface area contributed by atoms with Gasteiger partial charge in [-0.1, -0.05) is 12.1 Å². The molecule has 2 amide bonds. The van der Waals surface area contributed by atoms with E-state index >= 15 is 0 Å². The lowest BCUT2D eigenvalue weighted by Gasteiger charge is -2.11. The molecular weight excluding hydrogens is 350 g/mol. The molecule has 0 spiro atoms. The van der Waals surface area contributed by atoms with Crippen LogP contribution in [0.4, 0.5) is 11.4 Å². The van der Waals surface area contributed by atoms with E-state index in [1.54, 1.807) is 50.5 Å². The molecule has 0 radical (unpaired) electrons. The average Bonchev–Trinajstić information content (AvgIpc) is 2.65. The van der Waals surface area contributed by atoms with Crippen LogP contribution in [0.3, 0.4) is 0 Å². The van der Waals surface area contributed by atoms with Crippen molar-refractivity contribution in [2.45, 2.75) is 0 Å². The quantitative estimate of drug-likeness (QED) is 0.459. The van der Waals surface area contributed by atoms with Crippen molar-refractivity contribution in [3.05, 3.63) is 70.3 Å². The Morgan fingerprint density at radius 3 is 2.52 bits per heavy atom. The Hall–Kier alpha value is -3.68. The lowest BCUT2D eigenvalue weighted by atomic mass is 10.2. The summed E-state index contributed by atoms with van der Waals surface area (Å²) in [5, 5.41) is 13.4. The lowest BCUT2D eigenvalue weighted by molar-refractivity contribution is -0.384. The lowest BCUT2D eigenvalue weighted by Crippen LogP contribution is -2.27. The number of rotatable bonds is 7. The third-order valence-corrected chi connectivity index (χ3v) is 3.49. The van der Waals surface area contributed by atoms with Crippen LogP contribution < -0.4 is 10.1 Å². The van der Waals surface area contributed by atoms with Gasteiger partial charge in [0.05, 0.1) is 4.92 Å². The maximum absolute atomic E-state index is 12.0. The molecule has 0 bridgehead atoms. The zero-order chi connectivity index (χ0) is 19.8. The van der Waals surface area contributed by atoms with Crippen LogP contribution in [-0.4, -0.2) is 42.3 Å². The molecule has 0 heterocycles. The summed E-state index contributed by atoms with van der Waals surface area (Å²) in [6.07, 6.45) is 2.78. The van der Waals surface area contributed by atoms with E-state index in [1.807, 2.05) is 0 Å². The van der Waals surface area contributed by atoms with Gasteiger partial charge in [-0.3, -0.25) is 19.7 Å². The number of carbonyl (C=O) groups excluding carboxylic acids is 2. The summed E-state index contributed by atoms with van der Waals surface area (Å²) in [7, 11) is 3.29. The number of amides is 2. The van der Waals surface area contributed by atoms with Gasteiger partial charge >= 0.3 is 0 Å². The molecule has 0 saturated carbocycles. The molecule has 1 N–H and O–H groups in total. The first-order valence-electron chi connectivity index (χ1n) is 8.01. The average molecular weight is 369 g/mol. The first-order valence-corrected chi connectivity index (χ1v) is 8.01. The molecule has 27 heavy (non-hydrogen) atoms. The van der Waals surface area contributed by atoms with Gasteiger partial charge in [0.2, 0.25) is 5.91 Å². The highest BCUT2D eigenvalue weighted by atomic mass is 16.6. The largest absolute Gasteiger partial charge is 0.484 e. The van der Waals surface area contributed by atoms with E-state index in [2.05, 4.69) is 5.32 Å². The van der Waals surface area contributed by atoms with Crippen molar-refractivity contribution in [2.75, 3.05) is 26.0 Å². The topological polar surface area (TPSA) is 102 Å². The van der Waals surface area contributed by atoms with E-state index in [0.29, 0.717) is 17.0 Å². The highest BCUT2D eigenvalue weighted by molar-refractivity contribution is 6.01. The number of benzene rings is 2. The number of hydrogen-bond donors (Lipinski definition) is 1. The van der Waals surface area contributed by atoms with Crippen LogP contribution in [0.15, 0.2) is 54.6 Å². The van der Waals surface area contributed by atoms with Crippen molar-refractivity contribution in [2.24, 2.45) is 0 Å². The van der Waals surface area contributed by atoms with Gasteiger partial charge in [-0.15, -0.1) is 0 Å². The van der Waals surface area contributed by atoms with E-state index < -0.39 is 4.92 Å². The second kappa shape index (κ2) is 9.14. The van der Waals surface area contributed by atoms with Gasteiger partial charge in [-0.25, -0.2) is 0 Å². The third kappa shape index (κ3) is 6.28. The number of nitro groups is 1. The monoisotopic (exact) mass is 369 g/mol. The van der Waals surface area contributed by atoms with Crippen molar-refractivity contribution >= 4 is 29.3 Å². The smallest absolute Gasteiger partial charge is 0.270 e. The summed E-state index contributed by atoms with van der Waals surface area (Å²) in [5.41, 5.74) is 1.06. The second-order valence-corrected chi connectivity index (χ2v) is 5.78. The van der Waals surface area contributed by atoms with Gasteiger partial charge in [0.15, 0.2) is 6.61 Å². The van der Waals surface area contributed by atoms with Crippen LogP contribution in [0.25, 0.3) is 6.08 Å². The maximum Gasteiger partial charge on any atom is 0.270 e. The van der Waals surface area contributed by atoms with E-state index in [1.165, 1.54) is 29.2 Å². The number of nitrogens with zero attached hydrogens (tertiary/aromatic N) is 2. The fourth-order valence-electron chi connectivity index (χ4n) is 2.01. The SMILES string of the molecule is CN(C)C(=O)COc1ccc(NC(=O)C=Cc2cccc([N+](=O)[O-])c2)cc1. The van der Waals surface area contributed by atoms with Gasteiger partial charge in [-0.2, -0.15) is 0 Å². The van der Waals surface area contributed by atoms with Crippen molar-refractivity contribution in [3.63, 3.8) is 0 Å². The molecule has 0 unspecified atom stereocenters. The summed E-state index contributed by atoms with van der Waals surface area (Å²) in [6.45, 7) is -0.0648. The van der Waals surface area contributed by atoms with Crippen LogP contribution in [0.1, 0.15) is 5.56 Å². The predicted molar refractivity (Wildman–Crippen MR) is 101 cm³/mol. The zero-order valence-electron chi connectivity index (χ0n) is 14.9. The fraction of sp³-hybridized carbons (Fsp3) is 0.158. The minimum absolute atomic E-state index is 0.0408. The molecule has 2 aromatic carbocycles. The van der Waals surface area contributed by atoms with Crippen LogP contribution in [0.5, 0.6) is 5.75 Å². The highest BCUT2D eigenvalue weighted by Crippen LogP contribution is 2.17. The molecular formula is C19H19N3O5. The molecule has 0 aliphatic carbocycles. The normalized spacial score (nSPS) is 10.4. The van der Waals surface area contributed by atoms with Crippen LogP contribution in [-0.2, 0) is 9.59 Å². The summed E-state index contributed by atoms with van der Waals surface area (Å²) in [5.74, 6) is -0.0213. The Bertz CT molecular complexity index is 860. The number of anilines is 1. The Labute approximate surface area is 156 Å². The molecule has 140 valence electrons. The Balaban J connectivity index is 1.91. The van der Waals surface area contributed by atoms with E-state index in [4.69, 9.17) is 4.74 Å². The summed E-state index contributed by atoms with van der Waals surface area (Å²) in [4.78, 5) is 35.1. The first-order chi connectivity index (χ1) is 12.8. The van der Waals surface area contributed by atoms with Crippen LogP contribution >= 0.6 is 0 Å². The predicted octanol–water partition coefficient (Wildman–Crippen LogP) is 2.71. The van der Waals surface area contributed by atoms with E-state index in [-0.39, 0.29) is 24.1 Å². The Morgan fingerprint density at radius 1 is 1.19 bits per heavy atom. The molecule has 8 nitrogen and oxygen atoms in total. The summed E-state index contributed by atoms with van der Waals surface area (Å²) < 4.78 is 5.35. The number of non-ortho nitro benzene ring substituents is 1. The van der Waals surface area contributed by atoms with Crippen molar-refractivity contribution < 1.29 is 19.2 Å². The van der Waals surface area contributed by atoms with Crippen molar-refractivity contribution in [1.29, 1.82) is 0 Å². The highest BCUT2D eigenvalue weighted by Gasteiger charge is 2.06. The molecule has 2 aromatic rings. The zero-order valence-corrected chi connectivity index (χ0v) is 14.9. The molecule has 0 fully saturated rings. The number of hydrogen-bond acceptors (Lipinski definition) is 5. The van der Waals surface area contributed by atoms with E-state index in [0.717, 1.165) is 0 Å². The Morgan fingerprint density at radius 2 is 1.89 bits per heavy atom. The summed E-state index contributed by atoms with van der Waals surface area (Å²) in [6, 6.07) is 12.6. The molecule has 0 aromatic heterocycles. The van der Waals surface area contributed by atoms with Gasteiger partial charge < -0.3 is 15.0 Å². The number of ether oxygens (including phenoxy) is 1. The number of nitrogens with one attached hydrogen (secondary N) is 1. The minimum atomic E-state index is -0.493. The number of likely N-dealkylation sites (N-methyl/N-ethyl adjacent to an activating group) is 1. The standard InChI is InChI=1S/C19H19N3O5/c1-21(2)19(24)13-27-17-9-7-15(8-10-17)20-18(23)11-6-14-4-3-5-16(12-14)22(25)26/h3-12H,13H2,1-2H3,(H,20,23). The third-order valence-electron chi connectivity index (χ3n) is 3.49. The number of nitro benzene ring substituents is 1. The fourth-order valence-corrected chi connectivity index (χ4v) is 2.01. The molecule has 0 saturated heterocycles. The van der Waals surface area contributed by atoms with Gasteiger partial charge in [-0.05, 0) is 35.9 Å². The number of carbonyl (C=O) groups is 2. The van der Waals surface area contributed by atoms with Crippen LogP contribution in [0, 0.1) is 10.1 Å². The maximum atomic E-state index is 12.0. The Kier molecular flexibility index (Phi) is 6.65. The van der Waals surface area contributed by atoms with Gasteiger partial charge in [0, 0.05) is 38.0 Å². The van der Waals surface area contributed by atoms with Gasteiger partial charge in [0.25, 0.3) is 11.6 Å². The molecule has 2 rings (SSSR count). The van der Waals surface area contributed by atoms with E-state index in [9.17, 15) is 19.7 Å². The van der Waals surface area contributed by atoms with Crippen molar-refractivity contribution in [3.8, 4) is 5.75 Å². The minimum Gasteiger partial charge on any atom is -0.484 e. The van der Waals surface area contributed by atoms with Gasteiger partial charge in [0.1, 0.15) is 5.75 Å². The molecule has 0 aliphatic heterocycles. The summed E-state index contributed by atoms with van der Waals surface area (Å²) >= 11 is 0. The first kappa shape index (κ1) is 19.6. The molecule has 0 atom stereocenters. The molecule has 8 heteroatoms.